The highest BCUT2D eigenvalue weighted by Crippen LogP contribution is 2.41. The van der Waals surface area contributed by atoms with E-state index in [9.17, 15) is 9.59 Å². The molecule has 0 fully saturated rings. The summed E-state index contributed by atoms with van der Waals surface area (Å²) in [5.74, 6) is 0.0833. The van der Waals surface area contributed by atoms with E-state index in [-0.39, 0.29) is 11.9 Å². The minimum absolute atomic E-state index is 0.309. The Morgan fingerprint density at radius 3 is 2.26 bits per heavy atom. The van der Waals surface area contributed by atoms with Crippen LogP contribution < -0.4 is 10.1 Å². The molecule has 0 aromatic heterocycles. The first kappa shape index (κ1) is 27.1. The lowest BCUT2D eigenvalue weighted by Gasteiger charge is -2.14. The van der Waals surface area contributed by atoms with E-state index in [2.05, 4.69) is 21.2 Å². The highest BCUT2D eigenvalue weighted by molar-refractivity contribution is 9.10. The summed E-state index contributed by atoms with van der Waals surface area (Å²) in [4.78, 5) is 23.3. The van der Waals surface area contributed by atoms with Crippen molar-refractivity contribution < 1.29 is 19.1 Å². The Bertz CT molecular complexity index is 1240. The molecular formula is C26H21BrCl3NO4. The van der Waals surface area contributed by atoms with Gasteiger partial charge in [-0.2, -0.15) is 0 Å². The van der Waals surface area contributed by atoms with Gasteiger partial charge < -0.3 is 14.8 Å². The average molecular weight is 598 g/mol. The summed E-state index contributed by atoms with van der Waals surface area (Å²) in [6.45, 7) is 3.68. The van der Waals surface area contributed by atoms with Gasteiger partial charge in [0.05, 0.1) is 22.3 Å². The molecule has 0 heterocycles. The number of carbonyl (C=O) groups excluding carboxylic acids is 2. The van der Waals surface area contributed by atoms with Crippen molar-refractivity contribution in [2.45, 2.75) is 19.2 Å². The van der Waals surface area contributed by atoms with Crippen molar-refractivity contribution in [2.24, 2.45) is 0 Å². The van der Waals surface area contributed by atoms with Crippen molar-refractivity contribution >= 4 is 74.4 Å². The lowest BCUT2D eigenvalue weighted by Crippen LogP contribution is -2.20. The topological polar surface area (TPSA) is 64.6 Å². The molecule has 9 heteroatoms. The quantitative estimate of drug-likeness (QED) is 0.161. The molecule has 0 saturated carbocycles. The maximum atomic E-state index is 11.8. The fourth-order valence-corrected chi connectivity index (χ4v) is 4.05. The summed E-state index contributed by atoms with van der Waals surface area (Å²) < 4.78 is 11.4. The number of amides is 1. The maximum absolute atomic E-state index is 11.8. The van der Waals surface area contributed by atoms with Crippen molar-refractivity contribution in [3.8, 4) is 22.6 Å². The third-order valence-corrected chi connectivity index (χ3v) is 6.14. The monoisotopic (exact) mass is 595 g/mol. The second-order valence-corrected chi connectivity index (χ2v) is 9.65. The van der Waals surface area contributed by atoms with Crippen LogP contribution in [0.15, 0.2) is 65.1 Å². The van der Waals surface area contributed by atoms with Gasteiger partial charge in [-0.25, -0.2) is 4.79 Å². The van der Waals surface area contributed by atoms with Gasteiger partial charge in [0.25, 0.3) is 0 Å². The number of hydrogen-bond donors (Lipinski definition) is 1. The van der Waals surface area contributed by atoms with Crippen LogP contribution in [0.5, 0.6) is 11.5 Å². The number of alkyl halides is 1. The van der Waals surface area contributed by atoms with Gasteiger partial charge in [0.15, 0.2) is 5.75 Å². The van der Waals surface area contributed by atoms with Crippen molar-refractivity contribution in [1.82, 2.24) is 0 Å². The maximum Gasteiger partial charge on any atom is 0.330 e. The van der Waals surface area contributed by atoms with E-state index in [1.54, 1.807) is 50.3 Å². The third-order valence-electron chi connectivity index (χ3n) is 4.72. The first-order valence-corrected chi connectivity index (χ1v) is 12.5. The molecular weight excluding hydrogens is 577 g/mol. The van der Waals surface area contributed by atoms with Crippen LogP contribution in [0.3, 0.4) is 0 Å². The zero-order valence-corrected chi connectivity index (χ0v) is 22.6. The number of ether oxygens (including phenoxy) is 2. The number of nitrogens with one attached hydrogen (secondary N) is 1. The minimum Gasteiger partial charge on any atom is -0.463 e. The van der Waals surface area contributed by atoms with Crippen molar-refractivity contribution in [2.75, 3.05) is 11.9 Å². The average Bonchev–Trinajstić information content (AvgIpc) is 2.82. The zero-order chi connectivity index (χ0) is 25.5. The normalized spacial score (nSPS) is 11.8. The molecule has 5 nitrogen and oxygen atoms in total. The van der Waals surface area contributed by atoms with Gasteiger partial charge in [-0.3, -0.25) is 4.79 Å². The molecule has 0 radical (unpaired) electrons. The lowest BCUT2D eigenvalue weighted by molar-refractivity contribution is -0.137. The molecule has 0 saturated heterocycles. The number of esters is 1. The number of anilines is 1. The van der Waals surface area contributed by atoms with Gasteiger partial charge in [0.1, 0.15) is 11.1 Å². The molecule has 0 bridgehead atoms. The molecule has 0 aliphatic carbocycles. The van der Waals surface area contributed by atoms with E-state index in [1.807, 2.05) is 24.3 Å². The Kier molecular flexibility index (Phi) is 9.63. The number of hydrogen-bond acceptors (Lipinski definition) is 4. The van der Waals surface area contributed by atoms with Crippen LogP contribution in [0.25, 0.3) is 17.2 Å². The minimum atomic E-state index is -0.661. The molecule has 1 N–H and O–H groups in total. The van der Waals surface area contributed by atoms with Crippen LogP contribution in [-0.4, -0.2) is 23.9 Å². The molecule has 1 unspecified atom stereocenters. The molecule has 3 aromatic rings. The van der Waals surface area contributed by atoms with E-state index in [0.29, 0.717) is 38.3 Å². The number of carbonyl (C=O) groups is 2. The fraction of sp³-hybridized carbons (Fsp3) is 0.154. The zero-order valence-electron chi connectivity index (χ0n) is 18.8. The highest BCUT2D eigenvalue weighted by Gasteiger charge is 2.15. The van der Waals surface area contributed by atoms with E-state index < -0.39 is 5.38 Å². The van der Waals surface area contributed by atoms with Crippen LogP contribution in [0, 0.1) is 0 Å². The van der Waals surface area contributed by atoms with E-state index in [1.165, 1.54) is 6.08 Å². The number of halogens is 4. The molecule has 3 rings (SSSR count). The SMILES string of the molecule is CCOC(=O)C=Cc1ccc(-c2cc(Cl)c(Oc3ccc(NC(=O)C(C)Cl)c(Br)c3)c(Cl)c2)cc1. The molecule has 0 aliphatic rings. The fourth-order valence-electron chi connectivity index (χ4n) is 2.98. The van der Waals surface area contributed by atoms with Gasteiger partial charge >= 0.3 is 5.97 Å². The van der Waals surface area contributed by atoms with E-state index in [0.717, 1.165) is 16.7 Å². The van der Waals surface area contributed by atoms with Gasteiger partial charge in [0.2, 0.25) is 5.91 Å². The van der Waals surface area contributed by atoms with Gasteiger partial charge in [-0.1, -0.05) is 47.5 Å². The molecule has 3 aromatic carbocycles. The van der Waals surface area contributed by atoms with Crippen LogP contribution >= 0.6 is 50.7 Å². The first-order valence-electron chi connectivity index (χ1n) is 10.5. The molecule has 182 valence electrons. The molecule has 0 aliphatic heterocycles. The molecule has 35 heavy (non-hydrogen) atoms. The summed E-state index contributed by atoms with van der Waals surface area (Å²) in [6, 6.07) is 16.1. The smallest absolute Gasteiger partial charge is 0.330 e. The number of benzene rings is 3. The number of rotatable bonds is 8. The predicted octanol–water partition coefficient (Wildman–Crippen LogP) is 8.36. The van der Waals surface area contributed by atoms with E-state index >= 15 is 0 Å². The Labute approximate surface area is 227 Å². The Morgan fingerprint density at radius 2 is 1.69 bits per heavy atom. The Hall–Kier alpha value is -2.51. The van der Waals surface area contributed by atoms with Gasteiger partial charge in [-0.05, 0) is 82.9 Å². The summed E-state index contributed by atoms with van der Waals surface area (Å²) in [5.41, 5.74) is 3.11. The Balaban J connectivity index is 1.76. The van der Waals surface area contributed by atoms with Crippen molar-refractivity contribution in [3.63, 3.8) is 0 Å². The Morgan fingerprint density at radius 1 is 1.03 bits per heavy atom. The predicted molar refractivity (Wildman–Crippen MR) is 146 cm³/mol. The summed E-state index contributed by atoms with van der Waals surface area (Å²) in [7, 11) is 0. The first-order chi connectivity index (χ1) is 16.7. The molecule has 1 atom stereocenters. The highest BCUT2D eigenvalue weighted by atomic mass is 79.9. The molecule has 0 spiro atoms. The van der Waals surface area contributed by atoms with E-state index in [4.69, 9.17) is 44.3 Å². The largest absolute Gasteiger partial charge is 0.463 e. The molecule has 1 amide bonds. The lowest BCUT2D eigenvalue weighted by atomic mass is 10.0. The van der Waals surface area contributed by atoms with Crippen molar-refractivity contribution in [3.05, 3.63) is 80.8 Å². The second-order valence-electron chi connectivity index (χ2n) is 7.33. The summed E-state index contributed by atoms with van der Waals surface area (Å²) in [5, 5.41) is 2.73. The second kappa shape index (κ2) is 12.5. The van der Waals surface area contributed by atoms with Crippen LogP contribution in [0.2, 0.25) is 10.0 Å². The van der Waals surface area contributed by atoms with Crippen LogP contribution in [-0.2, 0) is 14.3 Å². The van der Waals surface area contributed by atoms with Gasteiger partial charge in [0, 0.05) is 10.5 Å². The van der Waals surface area contributed by atoms with Crippen molar-refractivity contribution in [1.29, 1.82) is 0 Å². The third kappa shape index (κ3) is 7.48. The van der Waals surface area contributed by atoms with Crippen LogP contribution in [0.4, 0.5) is 5.69 Å². The van der Waals surface area contributed by atoms with Crippen LogP contribution in [0.1, 0.15) is 19.4 Å². The van der Waals surface area contributed by atoms with Gasteiger partial charge in [-0.15, -0.1) is 11.6 Å². The summed E-state index contributed by atoms with van der Waals surface area (Å²) in [6.07, 6.45) is 3.07. The standard InChI is InChI=1S/C26H21BrCl3NO4/c1-3-34-24(32)11-6-16-4-7-17(8-5-16)18-12-21(29)25(22(30)13-18)35-19-9-10-23(20(27)14-19)31-26(33)15(2)28/h4-15H,3H2,1-2H3,(H,31,33). The summed E-state index contributed by atoms with van der Waals surface area (Å²) >= 11 is 22.2.